The second kappa shape index (κ2) is 4.59. The monoisotopic (exact) mass is 229 g/mol. The number of ether oxygens (including phenoxy) is 1. The molecule has 1 aromatic heterocycles. The van der Waals surface area contributed by atoms with Crippen molar-refractivity contribution in [3.63, 3.8) is 0 Å². The van der Waals surface area contributed by atoms with E-state index in [0.29, 0.717) is 12.5 Å². The van der Waals surface area contributed by atoms with Gasteiger partial charge in [0.25, 0.3) is 0 Å². The second-order valence-corrected chi connectivity index (χ2v) is 3.64. The maximum Gasteiger partial charge on any atom is 0.228 e. The van der Waals surface area contributed by atoms with Crippen molar-refractivity contribution in [3.8, 4) is 0 Å². The van der Waals surface area contributed by atoms with Gasteiger partial charge in [-0.3, -0.25) is 0 Å². The number of nitrogens with two attached hydrogens (primary N) is 1. The Hall–Kier alpha value is -1.14. The summed E-state index contributed by atoms with van der Waals surface area (Å²) >= 11 is 5.63. The maximum absolute atomic E-state index is 5.63. The van der Waals surface area contributed by atoms with E-state index in [9.17, 15) is 0 Å². The molecule has 7 heteroatoms. The first kappa shape index (κ1) is 10.4. The first-order chi connectivity index (χ1) is 7.24. The summed E-state index contributed by atoms with van der Waals surface area (Å²) in [6.45, 7) is 1.49. The molecule has 1 saturated heterocycles. The third-order valence-corrected chi connectivity index (χ3v) is 2.31. The molecule has 1 aromatic rings. The van der Waals surface area contributed by atoms with Crippen LogP contribution in [0.15, 0.2) is 0 Å². The number of halogens is 1. The van der Waals surface area contributed by atoms with Gasteiger partial charge >= 0.3 is 0 Å². The predicted octanol–water partition coefficient (Wildman–Crippen LogP) is 0.698. The lowest BCUT2D eigenvalue weighted by molar-refractivity contribution is 0.120. The summed E-state index contributed by atoms with van der Waals surface area (Å²) in [5.41, 5.74) is 5.43. The van der Waals surface area contributed by atoms with Crippen LogP contribution in [0, 0.1) is 0 Å². The zero-order chi connectivity index (χ0) is 10.7. The highest BCUT2D eigenvalue weighted by Crippen LogP contribution is 2.13. The fraction of sp³-hybridized carbons (Fsp3) is 0.625. The van der Waals surface area contributed by atoms with E-state index in [-0.39, 0.29) is 17.3 Å². The minimum Gasteiger partial charge on any atom is -0.376 e. The van der Waals surface area contributed by atoms with Crippen molar-refractivity contribution in [1.29, 1.82) is 0 Å². The Morgan fingerprint density at radius 1 is 1.47 bits per heavy atom. The van der Waals surface area contributed by atoms with Crippen LogP contribution in [0.3, 0.4) is 0 Å². The summed E-state index contributed by atoms with van der Waals surface area (Å²) in [5.74, 6) is 0.507. The number of nitrogens with one attached hydrogen (secondary N) is 1. The van der Waals surface area contributed by atoms with E-state index in [2.05, 4.69) is 20.3 Å². The quantitative estimate of drug-likeness (QED) is 0.794. The van der Waals surface area contributed by atoms with Gasteiger partial charge in [0, 0.05) is 13.2 Å². The lowest BCUT2D eigenvalue weighted by atomic mass is 10.2. The third kappa shape index (κ3) is 2.90. The third-order valence-electron chi connectivity index (χ3n) is 2.14. The molecule has 3 N–H and O–H groups in total. The predicted molar refractivity (Wildman–Crippen MR) is 56.7 cm³/mol. The van der Waals surface area contributed by atoms with E-state index >= 15 is 0 Å². The van der Waals surface area contributed by atoms with Crippen molar-refractivity contribution < 1.29 is 4.74 Å². The van der Waals surface area contributed by atoms with Crippen molar-refractivity contribution in [2.45, 2.75) is 18.9 Å². The highest BCUT2D eigenvalue weighted by atomic mass is 35.5. The van der Waals surface area contributed by atoms with Crippen LogP contribution < -0.4 is 11.1 Å². The molecule has 0 aliphatic carbocycles. The summed E-state index contributed by atoms with van der Waals surface area (Å²) in [4.78, 5) is 11.5. The molecule has 0 spiro atoms. The molecule has 1 unspecified atom stereocenters. The van der Waals surface area contributed by atoms with Gasteiger partial charge in [-0.25, -0.2) is 0 Å². The molecule has 1 atom stereocenters. The Morgan fingerprint density at radius 3 is 3.00 bits per heavy atom. The first-order valence-electron chi connectivity index (χ1n) is 4.76. The van der Waals surface area contributed by atoms with Gasteiger partial charge in [0.1, 0.15) is 0 Å². The molecule has 0 aromatic carbocycles. The number of rotatable bonds is 3. The highest BCUT2D eigenvalue weighted by molar-refractivity contribution is 6.28. The number of hydrogen-bond acceptors (Lipinski definition) is 6. The van der Waals surface area contributed by atoms with Crippen LogP contribution in [0.25, 0.3) is 0 Å². The molecule has 2 heterocycles. The maximum atomic E-state index is 5.63. The van der Waals surface area contributed by atoms with Crippen LogP contribution in [0.1, 0.15) is 12.8 Å². The van der Waals surface area contributed by atoms with Crippen LogP contribution >= 0.6 is 11.6 Å². The molecule has 1 fully saturated rings. The fourth-order valence-corrected chi connectivity index (χ4v) is 1.62. The number of anilines is 2. The number of aromatic nitrogens is 3. The van der Waals surface area contributed by atoms with E-state index in [4.69, 9.17) is 22.1 Å². The van der Waals surface area contributed by atoms with Crippen molar-refractivity contribution in [2.24, 2.45) is 0 Å². The smallest absolute Gasteiger partial charge is 0.228 e. The van der Waals surface area contributed by atoms with E-state index < -0.39 is 0 Å². The lowest BCUT2D eigenvalue weighted by Crippen LogP contribution is -2.20. The van der Waals surface area contributed by atoms with Crippen molar-refractivity contribution >= 4 is 23.5 Å². The van der Waals surface area contributed by atoms with Gasteiger partial charge in [-0.15, -0.1) is 0 Å². The normalized spacial score (nSPS) is 20.5. The molecule has 0 bridgehead atoms. The summed E-state index contributed by atoms with van der Waals surface area (Å²) in [7, 11) is 0. The zero-order valence-electron chi connectivity index (χ0n) is 8.11. The standard InChI is InChI=1S/C8H12ClN5O/c9-6-12-7(10)14-8(13-6)11-4-5-2-1-3-15-5/h5H,1-4H2,(H3,10,11,12,13,14). The van der Waals surface area contributed by atoms with Crippen LogP contribution in [0.5, 0.6) is 0 Å². The van der Waals surface area contributed by atoms with E-state index in [0.717, 1.165) is 19.4 Å². The zero-order valence-corrected chi connectivity index (χ0v) is 8.87. The minimum atomic E-state index is 0.0948. The highest BCUT2D eigenvalue weighted by Gasteiger charge is 2.15. The Labute approximate surface area is 92.2 Å². The summed E-state index contributed by atoms with van der Waals surface area (Å²) in [6, 6.07) is 0. The van der Waals surface area contributed by atoms with Gasteiger partial charge in [0.05, 0.1) is 6.10 Å². The van der Waals surface area contributed by atoms with Gasteiger partial charge < -0.3 is 15.8 Å². The molecular formula is C8H12ClN5O. The van der Waals surface area contributed by atoms with Crippen LogP contribution in [-0.4, -0.2) is 34.2 Å². The number of hydrogen-bond donors (Lipinski definition) is 2. The van der Waals surface area contributed by atoms with E-state index in [1.807, 2.05) is 0 Å². The number of nitrogen functional groups attached to an aromatic ring is 1. The Balaban J connectivity index is 1.92. The topological polar surface area (TPSA) is 86.0 Å². The molecule has 0 saturated carbocycles. The summed E-state index contributed by atoms with van der Waals surface area (Å²) in [5, 5.41) is 3.11. The van der Waals surface area contributed by atoms with Crippen molar-refractivity contribution in [2.75, 3.05) is 24.2 Å². The van der Waals surface area contributed by atoms with Gasteiger partial charge in [-0.1, -0.05) is 0 Å². The largest absolute Gasteiger partial charge is 0.376 e. The van der Waals surface area contributed by atoms with Crippen molar-refractivity contribution in [1.82, 2.24) is 15.0 Å². The Bertz CT molecular complexity index is 322. The van der Waals surface area contributed by atoms with Crippen LogP contribution in [-0.2, 0) is 4.74 Å². The number of nitrogens with zero attached hydrogens (tertiary/aromatic N) is 3. The Morgan fingerprint density at radius 2 is 2.33 bits per heavy atom. The van der Waals surface area contributed by atoms with Gasteiger partial charge in [-0.05, 0) is 24.4 Å². The van der Waals surface area contributed by atoms with Gasteiger partial charge in [-0.2, -0.15) is 15.0 Å². The first-order valence-corrected chi connectivity index (χ1v) is 5.14. The molecule has 82 valence electrons. The van der Waals surface area contributed by atoms with Gasteiger partial charge in [0.15, 0.2) is 0 Å². The molecule has 0 radical (unpaired) electrons. The van der Waals surface area contributed by atoms with Gasteiger partial charge in [0.2, 0.25) is 17.2 Å². The average Bonchev–Trinajstić information content (AvgIpc) is 2.65. The molecule has 6 nitrogen and oxygen atoms in total. The molecule has 0 amide bonds. The van der Waals surface area contributed by atoms with Crippen LogP contribution in [0.2, 0.25) is 5.28 Å². The molecule has 15 heavy (non-hydrogen) atoms. The average molecular weight is 230 g/mol. The van der Waals surface area contributed by atoms with E-state index in [1.165, 1.54) is 0 Å². The van der Waals surface area contributed by atoms with Crippen molar-refractivity contribution in [3.05, 3.63) is 5.28 Å². The minimum absolute atomic E-state index is 0.0948. The summed E-state index contributed by atoms with van der Waals surface area (Å²) in [6.07, 6.45) is 2.38. The lowest BCUT2D eigenvalue weighted by Gasteiger charge is -2.10. The summed E-state index contributed by atoms with van der Waals surface area (Å²) < 4.78 is 5.44. The molecule has 1 aliphatic heterocycles. The fourth-order valence-electron chi connectivity index (χ4n) is 1.45. The SMILES string of the molecule is Nc1nc(Cl)nc(NCC2CCCO2)n1. The second-order valence-electron chi connectivity index (χ2n) is 3.30. The molecule has 1 aliphatic rings. The van der Waals surface area contributed by atoms with Crippen LogP contribution in [0.4, 0.5) is 11.9 Å². The molecular weight excluding hydrogens is 218 g/mol. The Kier molecular flexibility index (Phi) is 3.17. The van der Waals surface area contributed by atoms with E-state index in [1.54, 1.807) is 0 Å². The molecule has 2 rings (SSSR count).